The van der Waals surface area contributed by atoms with Crippen molar-refractivity contribution in [2.24, 2.45) is 5.92 Å². The molecule has 1 aromatic heterocycles. The number of rotatable bonds is 8. The highest BCUT2D eigenvalue weighted by Gasteiger charge is 2.22. The molecule has 0 unspecified atom stereocenters. The van der Waals surface area contributed by atoms with Crippen molar-refractivity contribution < 1.29 is 18.1 Å². The van der Waals surface area contributed by atoms with Crippen molar-refractivity contribution in [3.05, 3.63) is 60.2 Å². The van der Waals surface area contributed by atoms with Crippen LogP contribution in [0.2, 0.25) is 0 Å². The third-order valence-electron chi connectivity index (χ3n) is 6.44. The first-order chi connectivity index (χ1) is 16.9. The van der Waals surface area contributed by atoms with Gasteiger partial charge in [0.2, 0.25) is 5.95 Å². The zero-order valence-corrected chi connectivity index (χ0v) is 21.5. The van der Waals surface area contributed by atoms with Gasteiger partial charge >= 0.3 is 0 Å². The van der Waals surface area contributed by atoms with E-state index in [4.69, 9.17) is 9.47 Å². The van der Waals surface area contributed by atoms with E-state index in [1.807, 2.05) is 24.5 Å². The highest BCUT2D eigenvalue weighted by molar-refractivity contribution is 7.84. The first-order valence-electron chi connectivity index (χ1n) is 11.9. The van der Waals surface area contributed by atoms with Crippen molar-refractivity contribution in [2.45, 2.75) is 37.5 Å². The first-order valence-corrected chi connectivity index (χ1v) is 13.4. The Labute approximate surface area is 209 Å². The predicted octanol–water partition coefficient (Wildman–Crippen LogP) is 5.45. The molecule has 3 aromatic rings. The molecule has 35 heavy (non-hydrogen) atoms. The Hall–Kier alpha value is -3.00. The van der Waals surface area contributed by atoms with E-state index in [2.05, 4.69) is 28.7 Å². The van der Waals surface area contributed by atoms with Crippen molar-refractivity contribution in [3.8, 4) is 22.6 Å². The van der Waals surface area contributed by atoms with Crippen LogP contribution in [0.25, 0.3) is 11.1 Å². The number of hydrogen-bond donors (Lipinski definition) is 0. The van der Waals surface area contributed by atoms with Crippen LogP contribution in [0.15, 0.2) is 53.7 Å². The fraction of sp³-hybridized carbons (Fsp3) is 0.407. The summed E-state index contributed by atoms with van der Waals surface area (Å²) in [4.78, 5) is 11.9. The van der Waals surface area contributed by atoms with Gasteiger partial charge in [-0.25, -0.2) is 14.4 Å². The molecule has 0 aliphatic carbocycles. The summed E-state index contributed by atoms with van der Waals surface area (Å²) in [5, 5.41) is 0. The van der Waals surface area contributed by atoms with Crippen molar-refractivity contribution in [2.75, 3.05) is 38.0 Å². The number of benzene rings is 2. The molecular formula is C27H32FN3O3S. The molecule has 0 N–H and O–H groups in total. The molecule has 2 heterocycles. The first kappa shape index (κ1) is 25.1. The molecule has 0 spiro atoms. The van der Waals surface area contributed by atoms with E-state index < -0.39 is 16.6 Å². The molecule has 1 aliphatic heterocycles. The molecule has 6 nitrogen and oxygen atoms in total. The second-order valence-electron chi connectivity index (χ2n) is 9.18. The molecule has 1 atom stereocenters. The number of ether oxygens (including phenoxy) is 2. The van der Waals surface area contributed by atoms with E-state index in [0.717, 1.165) is 43.0 Å². The van der Waals surface area contributed by atoms with Crippen LogP contribution >= 0.6 is 0 Å². The standard InChI is InChI=1S/C27H32FN3O3S/c1-18(2)22-15-29-27(30-16-22)31-11-9-19(10-12-31)17-34-24-7-5-20(13-23(24)28)21-6-8-26(35(4)32)25(14-21)33-3/h5-8,13-16,18-19H,9-12,17H2,1-4H3/t35-/m0/s1. The lowest BCUT2D eigenvalue weighted by Crippen LogP contribution is -2.36. The van der Waals surface area contributed by atoms with Gasteiger partial charge in [0.15, 0.2) is 11.6 Å². The van der Waals surface area contributed by atoms with E-state index in [1.165, 1.54) is 13.2 Å². The summed E-state index contributed by atoms with van der Waals surface area (Å²) < 4.78 is 37.9. The number of hydrogen-bond acceptors (Lipinski definition) is 6. The molecule has 186 valence electrons. The number of piperidine rings is 1. The van der Waals surface area contributed by atoms with Crippen molar-refractivity contribution in [1.29, 1.82) is 0 Å². The minimum Gasteiger partial charge on any atom is -0.495 e. The molecule has 4 rings (SSSR count). The average Bonchev–Trinajstić information content (AvgIpc) is 2.87. The SMILES string of the molecule is COc1cc(-c2ccc(OCC3CCN(c4ncc(C(C)C)cn4)CC3)c(F)c2)ccc1[S@](C)=O. The monoisotopic (exact) mass is 497 g/mol. The average molecular weight is 498 g/mol. The van der Waals surface area contributed by atoms with E-state index >= 15 is 0 Å². The molecule has 1 fully saturated rings. The smallest absolute Gasteiger partial charge is 0.225 e. The van der Waals surface area contributed by atoms with Gasteiger partial charge in [-0.15, -0.1) is 0 Å². The largest absolute Gasteiger partial charge is 0.495 e. The number of aromatic nitrogens is 2. The van der Waals surface area contributed by atoms with Gasteiger partial charge < -0.3 is 14.4 Å². The number of nitrogens with zero attached hydrogens (tertiary/aromatic N) is 3. The van der Waals surface area contributed by atoms with Crippen LogP contribution in [0.4, 0.5) is 10.3 Å². The summed E-state index contributed by atoms with van der Waals surface area (Å²) in [6.07, 6.45) is 7.30. The van der Waals surface area contributed by atoms with Gasteiger partial charge in [0, 0.05) is 31.7 Å². The van der Waals surface area contributed by atoms with Crippen LogP contribution < -0.4 is 14.4 Å². The van der Waals surface area contributed by atoms with Gasteiger partial charge in [-0.1, -0.05) is 26.0 Å². The predicted molar refractivity (Wildman–Crippen MR) is 137 cm³/mol. The molecule has 0 radical (unpaired) electrons. The van der Waals surface area contributed by atoms with Crippen LogP contribution in [-0.4, -0.2) is 47.2 Å². The Morgan fingerprint density at radius 2 is 1.71 bits per heavy atom. The van der Waals surface area contributed by atoms with E-state index in [9.17, 15) is 8.60 Å². The molecule has 2 aromatic carbocycles. The third-order valence-corrected chi connectivity index (χ3v) is 7.39. The summed E-state index contributed by atoms with van der Waals surface area (Å²) in [5.74, 6) is 1.91. The molecule has 1 aliphatic rings. The Kier molecular flexibility index (Phi) is 8.00. The topological polar surface area (TPSA) is 64.6 Å². The van der Waals surface area contributed by atoms with Crippen molar-refractivity contribution >= 4 is 16.7 Å². The number of anilines is 1. The second kappa shape index (κ2) is 11.2. The van der Waals surface area contributed by atoms with Gasteiger partial charge in [0.1, 0.15) is 5.75 Å². The normalized spacial score (nSPS) is 15.3. The minimum atomic E-state index is -1.16. The second-order valence-corrected chi connectivity index (χ2v) is 10.5. The van der Waals surface area contributed by atoms with Gasteiger partial charge in [-0.3, -0.25) is 4.21 Å². The Morgan fingerprint density at radius 1 is 1.06 bits per heavy atom. The lowest BCUT2D eigenvalue weighted by Gasteiger charge is -2.32. The van der Waals surface area contributed by atoms with Gasteiger partial charge in [0.05, 0.1) is 29.4 Å². The van der Waals surface area contributed by atoms with Crippen LogP contribution in [0, 0.1) is 11.7 Å². The molecule has 0 saturated carbocycles. The summed E-state index contributed by atoms with van der Waals surface area (Å²) in [5.41, 5.74) is 2.63. The van der Waals surface area contributed by atoms with E-state index in [1.54, 1.807) is 24.5 Å². The Morgan fingerprint density at radius 3 is 2.31 bits per heavy atom. The molecule has 1 saturated heterocycles. The summed E-state index contributed by atoms with van der Waals surface area (Å²) in [6.45, 7) is 6.45. The summed E-state index contributed by atoms with van der Waals surface area (Å²) in [6, 6.07) is 10.3. The zero-order chi connectivity index (χ0) is 24.9. The Bertz CT molecular complexity index is 1180. The summed E-state index contributed by atoms with van der Waals surface area (Å²) >= 11 is 0. The van der Waals surface area contributed by atoms with Gasteiger partial charge in [-0.2, -0.15) is 0 Å². The Balaban J connectivity index is 1.33. The lowest BCUT2D eigenvalue weighted by atomic mass is 9.98. The quantitative estimate of drug-likeness (QED) is 0.413. The third kappa shape index (κ3) is 5.99. The maximum Gasteiger partial charge on any atom is 0.225 e. The highest BCUT2D eigenvalue weighted by atomic mass is 32.2. The fourth-order valence-corrected chi connectivity index (χ4v) is 4.87. The maximum atomic E-state index is 14.8. The van der Waals surface area contributed by atoms with Gasteiger partial charge in [-0.05, 0) is 65.6 Å². The lowest BCUT2D eigenvalue weighted by molar-refractivity contribution is 0.215. The van der Waals surface area contributed by atoms with Crippen LogP contribution in [0.3, 0.4) is 0 Å². The van der Waals surface area contributed by atoms with Crippen LogP contribution in [0.5, 0.6) is 11.5 Å². The van der Waals surface area contributed by atoms with Crippen LogP contribution in [0.1, 0.15) is 38.2 Å². The maximum absolute atomic E-state index is 14.8. The van der Waals surface area contributed by atoms with E-state index in [-0.39, 0.29) is 5.75 Å². The number of methoxy groups -OCH3 is 1. The fourth-order valence-electron chi connectivity index (χ4n) is 4.18. The molecular weight excluding hydrogens is 465 g/mol. The molecule has 0 bridgehead atoms. The molecule has 8 heteroatoms. The van der Waals surface area contributed by atoms with Crippen molar-refractivity contribution in [3.63, 3.8) is 0 Å². The summed E-state index contributed by atoms with van der Waals surface area (Å²) in [7, 11) is 0.371. The molecule has 0 amide bonds. The number of halogens is 1. The highest BCUT2D eigenvalue weighted by Crippen LogP contribution is 2.32. The van der Waals surface area contributed by atoms with E-state index in [0.29, 0.717) is 34.7 Å². The minimum absolute atomic E-state index is 0.252. The van der Waals surface area contributed by atoms with Crippen molar-refractivity contribution in [1.82, 2.24) is 9.97 Å². The zero-order valence-electron chi connectivity index (χ0n) is 20.7. The van der Waals surface area contributed by atoms with Crippen LogP contribution in [-0.2, 0) is 10.8 Å². The van der Waals surface area contributed by atoms with Gasteiger partial charge in [0.25, 0.3) is 0 Å².